The van der Waals surface area contributed by atoms with Gasteiger partial charge in [-0.3, -0.25) is 9.59 Å². The summed E-state index contributed by atoms with van der Waals surface area (Å²) in [6.07, 6.45) is 0. The van der Waals surface area contributed by atoms with Crippen molar-refractivity contribution in [2.45, 2.75) is 26.3 Å². The molecule has 21 heavy (non-hydrogen) atoms. The van der Waals surface area contributed by atoms with E-state index in [1.165, 1.54) is 17.0 Å². The number of nitrogens with one attached hydrogen (secondary N) is 2. The highest BCUT2D eigenvalue weighted by molar-refractivity contribution is 6.03. The number of nitrogens with zero attached hydrogens (tertiary/aromatic N) is 1. The number of carbonyl (C=O) groups excluding carboxylic acids is 2. The van der Waals surface area contributed by atoms with Crippen molar-refractivity contribution in [3.05, 3.63) is 29.6 Å². The molecule has 5 nitrogen and oxygen atoms in total. The van der Waals surface area contributed by atoms with Crippen LogP contribution in [0, 0.1) is 5.82 Å². The maximum atomic E-state index is 13.9. The second-order valence-electron chi connectivity index (χ2n) is 5.46. The molecule has 0 atom stereocenters. The first kappa shape index (κ1) is 15.3. The minimum atomic E-state index is -0.953. The van der Waals surface area contributed by atoms with Crippen molar-refractivity contribution in [2.75, 3.05) is 25.0 Å². The van der Waals surface area contributed by atoms with E-state index in [0.717, 1.165) is 0 Å². The third-order valence-corrected chi connectivity index (χ3v) is 3.69. The highest BCUT2D eigenvalue weighted by Gasteiger charge is 2.41. The van der Waals surface area contributed by atoms with Crippen LogP contribution in [0.15, 0.2) is 18.2 Å². The van der Waals surface area contributed by atoms with Gasteiger partial charge in [-0.25, -0.2) is 4.39 Å². The average Bonchev–Trinajstić information content (AvgIpc) is 2.43. The molecule has 6 heteroatoms. The van der Waals surface area contributed by atoms with E-state index in [2.05, 4.69) is 10.6 Å². The van der Waals surface area contributed by atoms with Gasteiger partial charge < -0.3 is 15.5 Å². The predicted octanol–water partition coefficient (Wildman–Crippen LogP) is 1.61. The third-order valence-electron chi connectivity index (χ3n) is 3.69. The van der Waals surface area contributed by atoms with Gasteiger partial charge in [0.1, 0.15) is 11.4 Å². The molecule has 0 saturated carbocycles. The maximum absolute atomic E-state index is 13.9. The first-order valence-electron chi connectivity index (χ1n) is 7.02. The number of amides is 2. The lowest BCUT2D eigenvalue weighted by atomic mass is 9.97. The second-order valence-corrected chi connectivity index (χ2v) is 5.46. The van der Waals surface area contributed by atoms with Crippen molar-refractivity contribution in [1.82, 2.24) is 10.2 Å². The van der Waals surface area contributed by atoms with E-state index in [1.807, 2.05) is 6.92 Å². The Morgan fingerprint density at radius 1 is 1.48 bits per heavy atom. The Hall–Kier alpha value is -2.11. The SMILES string of the molecule is CCNc1c(F)cccc1C(=O)N1CCNC(=O)C1(C)C. The summed E-state index contributed by atoms with van der Waals surface area (Å²) in [5.74, 6) is -1.02. The third kappa shape index (κ3) is 2.70. The summed E-state index contributed by atoms with van der Waals surface area (Å²) in [7, 11) is 0. The molecule has 2 rings (SSSR count). The summed E-state index contributed by atoms with van der Waals surface area (Å²) in [6.45, 7) is 6.51. The Balaban J connectivity index is 2.40. The molecular formula is C15H20FN3O2. The number of hydrogen-bond donors (Lipinski definition) is 2. The van der Waals surface area contributed by atoms with E-state index in [-0.39, 0.29) is 23.1 Å². The second kappa shape index (κ2) is 5.71. The molecule has 1 heterocycles. The largest absolute Gasteiger partial charge is 0.382 e. The van der Waals surface area contributed by atoms with Gasteiger partial charge in [-0.1, -0.05) is 6.07 Å². The summed E-state index contributed by atoms with van der Waals surface area (Å²) in [5.41, 5.74) is -0.517. The lowest BCUT2D eigenvalue weighted by molar-refractivity contribution is -0.133. The van der Waals surface area contributed by atoms with Crippen LogP contribution in [0.2, 0.25) is 0 Å². The van der Waals surface area contributed by atoms with Gasteiger partial charge in [0.2, 0.25) is 5.91 Å². The van der Waals surface area contributed by atoms with E-state index >= 15 is 0 Å². The Kier molecular flexibility index (Phi) is 4.16. The average molecular weight is 293 g/mol. The van der Waals surface area contributed by atoms with E-state index in [0.29, 0.717) is 19.6 Å². The van der Waals surface area contributed by atoms with E-state index < -0.39 is 11.4 Å². The Morgan fingerprint density at radius 3 is 2.86 bits per heavy atom. The van der Waals surface area contributed by atoms with Crippen molar-refractivity contribution in [3.8, 4) is 0 Å². The van der Waals surface area contributed by atoms with Gasteiger partial charge in [0, 0.05) is 19.6 Å². The molecule has 1 fully saturated rings. The van der Waals surface area contributed by atoms with Gasteiger partial charge in [-0.2, -0.15) is 0 Å². The van der Waals surface area contributed by atoms with Crippen LogP contribution in [0.3, 0.4) is 0 Å². The minimum absolute atomic E-state index is 0.187. The van der Waals surface area contributed by atoms with Gasteiger partial charge in [0.25, 0.3) is 5.91 Å². The van der Waals surface area contributed by atoms with Crippen LogP contribution in [0.1, 0.15) is 31.1 Å². The standard InChI is InChI=1S/C15H20FN3O2/c1-4-17-12-10(6-5-7-11(12)16)13(20)19-9-8-18-14(21)15(19,2)3/h5-7,17H,4,8-9H2,1-3H3,(H,18,21). The highest BCUT2D eigenvalue weighted by Crippen LogP contribution is 2.26. The highest BCUT2D eigenvalue weighted by atomic mass is 19.1. The molecule has 0 spiro atoms. The number of anilines is 1. The number of carbonyl (C=O) groups is 2. The Morgan fingerprint density at radius 2 is 2.19 bits per heavy atom. The zero-order valence-corrected chi connectivity index (χ0v) is 12.5. The number of piperazine rings is 1. The van der Waals surface area contributed by atoms with E-state index in [9.17, 15) is 14.0 Å². The zero-order chi connectivity index (χ0) is 15.6. The molecule has 0 radical (unpaired) electrons. The monoisotopic (exact) mass is 293 g/mol. The summed E-state index contributed by atoms with van der Waals surface area (Å²) >= 11 is 0. The summed E-state index contributed by atoms with van der Waals surface area (Å²) in [6, 6.07) is 4.38. The van der Waals surface area contributed by atoms with Crippen LogP contribution in [-0.2, 0) is 4.79 Å². The molecule has 2 N–H and O–H groups in total. The molecule has 1 aliphatic heterocycles. The molecule has 114 valence electrons. The van der Waals surface area contributed by atoms with Gasteiger partial charge in [-0.15, -0.1) is 0 Å². The zero-order valence-electron chi connectivity index (χ0n) is 12.5. The van der Waals surface area contributed by atoms with Crippen LogP contribution >= 0.6 is 0 Å². The Labute approximate surface area is 123 Å². The molecule has 0 aliphatic carbocycles. The van der Waals surface area contributed by atoms with Crippen molar-refractivity contribution in [1.29, 1.82) is 0 Å². The predicted molar refractivity (Wildman–Crippen MR) is 78.7 cm³/mol. The van der Waals surface area contributed by atoms with E-state index in [4.69, 9.17) is 0 Å². The van der Waals surface area contributed by atoms with Crippen LogP contribution in [-0.4, -0.2) is 41.9 Å². The van der Waals surface area contributed by atoms with Crippen molar-refractivity contribution in [2.24, 2.45) is 0 Å². The van der Waals surface area contributed by atoms with Crippen LogP contribution in [0.25, 0.3) is 0 Å². The van der Waals surface area contributed by atoms with Crippen molar-refractivity contribution in [3.63, 3.8) is 0 Å². The number of hydrogen-bond acceptors (Lipinski definition) is 3. The first-order valence-corrected chi connectivity index (χ1v) is 7.02. The van der Waals surface area contributed by atoms with Gasteiger partial charge >= 0.3 is 0 Å². The first-order chi connectivity index (χ1) is 9.89. The summed E-state index contributed by atoms with van der Waals surface area (Å²) in [4.78, 5) is 26.2. The summed E-state index contributed by atoms with van der Waals surface area (Å²) in [5, 5.41) is 5.62. The van der Waals surface area contributed by atoms with Gasteiger partial charge in [0.05, 0.1) is 11.3 Å². The molecule has 2 amide bonds. The maximum Gasteiger partial charge on any atom is 0.257 e. The molecule has 1 aromatic carbocycles. The smallest absolute Gasteiger partial charge is 0.257 e. The fourth-order valence-electron chi connectivity index (χ4n) is 2.46. The molecule has 1 aromatic rings. The quantitative estimate of drug-likeness (QED) is 0.890. The molecule has 1 saturated heterocycles. The molecular weight excluding hydrogens is 273 g/mol. The summed E-state index contributed by atoms with van der Waals surface area (Å²) < 4.78 is 13.9. The Bertz CT molecular complexity index is 572. The van der Waals surface area contributed by atoms with Gasteiger partial charge in [0.15, 0.2) is 0 Å². The lowest BCUT2D eigenvalue weighted by Crippen LogP contribution is -2.63. The number of benzene rings is 1. The lowest BCUT2D eigenvalue weighted by Gasteiger charge is -2.41. The fourth-order valence-corrected chi connectivity index (χ4v) is 2.46. The molecule has 0 bridgehead atoms. The fraction of sp³-hybridized carbons (Fsp3) is 0.467. The van der Waals surface area contributed by atoms with Crippen LogP contribution < -0.4 is 10.6 Å². The van der Waals surface area contributed by atoms with Crippen molar-refractivity contribution >= 4 is 17.5 Å². The normalized spacial score (nSPS) is 17.3. The van der Waals surface area contributed by atoms with Crippen LogP contribution in [0.5, 0.6) is 0 Å². The van der Waals surface area contributed by atoms with Crippen LogP contribution in [0.4, 0.5) is 10.1 Å². The topological polar surface area (TPSA) is 61.4 Å². The molecule has 0 unspecified atom stereocenters. The number of halogens is 1. The molecule has 1 aliphatic rings. The number of rotatable bonds is 3. The minimum Gasteiger partial charge on any atom is -0.382 e. The van der Waals surface area contributed by atoms with E-state index in [1.54, 1.807) is 19.9 Å². The van der Waals surface area contributed by atoms with Gasteiger partial charge in [-0.05, 0) is 32.9 Å². The van der Waals surface area contributed by atoms with Crippen molar-refractivity contribution < 1.29 is 14.0 Å². The molecule has 0 aromatic heterocycles. The number of para-hydroxylation sites is 1.